The van der Waals surface area contributed by atoms with Crippen LogP contribution in [0.1, 0.15) is 22.3 Å². The number of hydrogen-bond donors (Lipinski definition) is 3. The highest BCUT2D eigenvalue weighted by Gasteiger charge is 2.10. The molecule has 3 rings (SSSR count). The molecule has 0 spiro atoms. The van der Waals surface area contributed by atoms with Crippen molar-refractivity contribution in [2.45, 2.75) is 6.42 Å². The summed E-state index contributed by atoms with van der Waals surface area (Å²) in [5, 5.41) is 29.4. The number of halogens is 1. The first-order chi connectivity index (χ1) is 12.0. The zero-order valence-electron chi connectivity index (χ0n) is 13.4. The zero-order valence-corrected chi connectivity index (χ0v) is 13.4. The van der Waals surface area contributed by atoms with Crippen molar-refractivity contribution in [1.82, 2.24) is 0 Å². The van der Waals surface area contributed by atoms with E-state index >= 15 is 0 Å². The molecule has 126 valence electrons. The molecule has 0 atom stereocenters. The van der Waals surface area contributed by atoms with E-state index in [0.29, 0.717) is 17.5 Å². The van der Waals surface area contributed by atoms with E-state index in [1.807, 2.05) is 0 Å². The van der Waals surface area contributed by atoms with Crippen LogP contribution in [-0.4, -0.2) is 15.3 Å². The van der Waals surface area contributed by atoms with Crippen LogP contribution in [0.2, 0.25) is 0 Å². The van der Waals surface area contributed by atoms with Gasteiger partial charge in [-0.05, 0) is 47.0 Å². The van der Waals surface area contributed by atoms with Crippen LogP contribution in [0.4, 0.5) is 4.39 Å². The summed E-state index contributed by atoms with van der Waals surface area (Å²) in [6, 6.07) is 15.6. The molecular weight excluding hydrogens is 319 g/mol. The molecule has 4 heteroatoms. The van der Waals surface area contributed by atoms with E-state index < -0.39 is 0 Å². The summed E-state index contributed by atoms with van der Waals surface area (Å²) >= 11 is 0. The minimum absolute atomic E-state index is 0.00756. The summed E-state index contributed by atoms with van der Waals surface area (Å²) in [4.78, 5) is 0. The highest BCUT2D eigenvalue weighted by atomic mass is 19.1. The first-order valence-electron chi connectivity index (χ1n) is 7.78. The maximum atomic E-state index is 13.0. The van der Waals surface area contributed by atoms with Crippen molar-refractivity contribution >= 4 is 12.2 Å². The van der Waals surface area contributed by atoms with Gasteiger partial charge in [0.2, 0.25) is 0 Å². The molecular formula is C21H17FO3. The lowest BCUT2D eigenvalue weighted by molar-refractivity contribution is 0.446. The van der Waals surface area contributed by atoms with Crippen molar-refractivity contribution in [3.05, 3.63) is 88.7 Å². The summed E-state index contributed by atoms with van der Waals surface area (Å²) < 4.78 is 13.0. The molecule has 0 saturated carbocycles. The fourth-order valence-corrected chi connectivity index (χ4v) is 2.58. The van der Waals surface area contributed by atoms with E-state index in [4.69, 9.17) is 0 Å². The van der Waals surface area contributed by atoms with Crippen LogP contribution < -0.4 is 0 Å². The van der Waals surface area contributed by atoms with Gasteiger partial charge >= 0.3 is 0 Å². The molecule has 0 unspecified atom stereocenters. The predicted octanol–water partition coefficient (Wildman–Crippen LogP) is 4.70. The minimum Gasteiger partial charge on any atom is -0.508 e. The second-order valence-electron chi connectivity index (χ2n) is 5.76. The third-order valence-electron chi connectivity index (χ3n) is 3.89. The zero-order chi connectivity index (χ0) is 17.8. The molecule has 0 aromatic heterocycles. The molecule has 0 aliphatic rings. The van der Waals surface area contributed by atoms with Crippen molar-refractivity contribution in [1.29, 1.82) is 0 Å². The average molecular weight is 336 g/mol. The summed E-state index contributed by atoms with van der Waals surface area (Å²) in [5.41, 5.74) is 3.03. The molecule has 3 N–H and O–H groups in total. The molecule has 3 aromatic rings. The van der Waals surface area contributed by atoms with Crippen LogP contribution in [0.25, 0.3) is 12.2 Å². The van der Waals surface area contributed by atoms with Crippen LogP contribution in [0, 0.1) is 5.82 Å². The second kappa shape index (κ2) is 7.09. The van der Waals surface area contributed by atoms with Crippen LogP contribution >= 0.6 is 0 Å². The third-order valence-corrected chi connectivity index (χ3v) is 3.89. The molecule has 0 aliphatic heterocycles. The lowest BCUT2D eigenvalue weighted by atomic mass is 9.97. The Hall–Kier alpha value is -3.27. The Morgan fingerprint density at radius 2 is 1.44 bits per heavy atom. The number of phenolic OH excluding ortho intramolecular Hbond substituents is 3. The van der Waals surface area contributed by atoms with Gasteiger partial charge in [0, 0.05) is 18.1 Å². The lowest BCUT2D eigenvalue weighted by Crippen LogP contribution is -1.93. The van der Waals surface area contributed by atoms with E-state index in [1.165, 1.54) is 18.2 Å². The Kier molecular flexibility index (Phi) is 4.70. The Bertz CT molecular complexity index is 898. The summed E-state index contributed by atoms with van der Waals surface area (Å²) in [6.07, 6.45) is 3.99. The second-order valence-corrected chi connectivity index (χ2v) is 5.76. The van der Waals surface area contributed by atoms with Gasteiger partial charge in [0.05, 0.1) is 0 Å². The summed E-state index contributed by atoms with van der Waals surface area (Å²) in [6.45, 7) is 0. The quantitative estimate of drug-likeness (QED) is 0.605. The maximum absolute atomic E-state index is 13.0. The first kappa shape index (κ1) is 16.6. The number of hydrogen-bond acceptors (Lipinski definition) is 3. The molecule has 0 aliphatic carbocycles. The van der Waals surface area contributed by atoms with Crippen LogP contribution in [0.3, 0.4) is 0 Å². The molecule has 3 nitrogen and oxygen atoms in total. The third kappa shape index (κ3) is 4.18. The Balaban J connectivity index is 1.94. The van der Waals surface area contributed by atoms with Crippen LogP contribution in [0.15, 0.2) is 60.7 Å². The van der Waals surface area contributed by atoms with Gasteiger partial charge in [-0.2, -0.15) is 0 Å². The van der Waals surface area contributed by atoms with Crippen LogP contribution in [-0.2, 0) is 6.42 Å². The lowest BCUT2D eigenvalue weighted by Gasteiger charge is -2.10. The molecule has 0 radical (unpaired) electrons. The van der Waals surface area contributed by atoms with Crippen molar-refractivity contribution in [3.8, 4) is 17.2 Å². The molecule has 0 heterocycles. The van der Waals surface area contributed by atoms with E-state index in [-0.39, 0.29) is 23.1 Å². The van der Waals surface area contributed by atoms with Crippen LogP contribution in [0.5, 0.6) is 17.2 Å². The normalized spacial score (nSPS) is 11.1. The summed E-state index contributed by atoms with van der Waals surface area (Å²) in [5.74, 6) is -0.173. The molecule has 3 aromatic carbocycles. The standard InChI is InChI=1S/C21H17FO3/c22-17-7-2-14(3-8-17)1-6-16-12-19(24)13-21(25)20(16)11-15-4-9-18(23)10-5-15/h1-10,12-13,23-25H,11H2/b6-1+. The van der Waals surface area contributed by atoms with E-state index in [9.17, 15) is 19.7 Å². The van der Waals surface area contributed by atoms with Gasteiger partial charge in [-0.25, -0.2) is 4.39 Å². The minimum atomic E-state index is -0.305. The molecule has 0 saturated heterocycles. The van der Waals surface area contributed by atoms with E-state index in [1.54, 1.807) is 54.6 Å². The van der Waals surface area contributed by atoms with Crippen molar-refractivity contribution in [2.24, 2.45) is 0 Å². The predicted molar refractivity (Wildman–Crippen MR) is 96.0 cm³/mol. The van der Waals surface area contributed by atoms with Gasteiger partial charge in [0.1, 0.15) is 23.1 Å². The summed E-state index contributed by atoms with van der Waals surface area (Å²) in [7, 11) is 0. The van der Waals surface area contributed by atoms with Crippen molar-refractivity contribution in [2.75, 3.05) is 0 Å². The number of phenols is 3. The highest BCUT2D eigenvalue weighted by molar-refractivity contribution is 5.73. The molecule has 0 bridgehead atoms. The Morgan fingerprint density at radius 1 is 0.760 bits per heavy atom. The van der Waals surface area contributed by atoms with Crippen molar-refractivity contribution < 1.29 is 19.7 Å². The van der Waals surface area contributed by atoms with Gasteiger partial charge < -0.3 is 15.3 Å². The topological polar surface area (TPSA) is 60.7 Å². The van der Waals surface area contributed by atoms with E-state index in [0.717, 1.165) is 11.1 Å². The van der Waals surface area contributed by atoms with Gasteiger partial charge in [-0.15, -0.1) is 0 Å². The molecule has 0 amide bonds. The highest BCUT2D eigenvalue weighted by Crippen LogP contribution is 2.31. The molecule has 0 fully saturated rings. The van der Waals surface area contributed by atoms with Gasteiger partial charge in [-0.3, -0.25) is 0 Å². The fraction of sp³-hybridized carbons (Fsp3) is 0.0476. The Labute approximate surface area is 144 Å². The number of aromatic hydroxyl groups is 3. The smallest absolute Gasteiger partial charge is 0.123 e. The SMILES string of the molecule is Oc1ccc(Cc2c(O)cc(O)cc2/C=C/c2ccc(F)cc2)cc1. The van der Waals surface area contributed by atoms with Gasteiger partial charge in [0.25, 0.3) is 0 Å². The monoisotopic (exact) mass is 336 g/mol. The fourth-order valence-electron chi connectivity index (χ4n) is 2.58. The van der Waals surface area contributed by atoms with Crippen molar-refractivity contribution in [3.63, 3.8) is 0 Å². The van der Waals surface area contributed by atoms with Gasteiger partial charge in [-0.1, -0.05) is 36.4 Å². The maximum Gasteiger partial charge on any atom is 0.123 e. The Morgan fingerprint density at radius 3 is 2.12 bits per heavy atom. The van der Waals surface area contributed by atoms with Gasteiger partial charge in [0.15, 0.2) is 0 Å². The molecule has 25 heavy (non-hydrogen) atoms. The first-order valence-corrected chi connectivity index (χ1v) is 7.78. The largest absolute Gasteiger partial charge is 0.508 e. The number of benzene rings is 3. The van der Waals surface area contributed by atoms with E-state index in [2.05, 4.69) is 0 Å². The average Bonchev–Trinajstić information content (AvgIpc) is 2.59. The number of rotatable bonds is 4.